The molecule has 5 rings (SSSR count). The minimum absolute atomic E-state index is 0.378. The molecule has 1 fully saturated rings. The van der Waals surface area contributed by atoms with E-state index in [9.17, 15) is 5.26 Å². The van der Waals surface area contributed by atoms with Crippen LogP contribution >= 0.6 is 34.8 Å². The SMILES string of the molecule is CC(Oc1cc2c(-c3cnc(N4CC[C@H]4C)c(C#N)c3)n[nH]c2cc1Cl)c1c(Cl)cncc1Cl. The van der Waals surface area contributed by atoms with Crippen LogP contribution in [0, 0.1) is 11.3 Å². The number of fused-ring (bicyclic) bond motifs is 1. The highest BCUT2D eigenvalue weighted by atomic mass is 35.5. The number of aromatic nitrogens is 4. The molecule has 1 aromatic carbocycles. The maximum atomic E-state index is 9.73. The lowest BCUT2D eigenvalue weighted by atomic mass is 10.0. The molecule has 1 aliphatic rings. The van der Waals surface area contributed by atoms with Gasteiger partial charge < -0.3 is 9.64 Å². The summed E-state index contributed by atoms with van der Waals surface area (Å²) in [6.45, 7) is 4.86. The molecular formula is C24H19Cl3N6O. The lowest BCUT2D eigenvalue weighted by Gasteiger charge is -2.40. The summed E-state index contributed by atoms with van der Waals surface area (Å²) in [5, 5.41) is 19.2. The lowest BCUT2D eigenvalue weighted by Crippen LogP contribution is -2.46. The summed E-state index contributed by atoms with van der Waals surface area (Å²) in [6.07, 6.45) is 5.40. The van der Waals surface area contributed by atoms with Gasteiger partial charge in [0.2, 0.25) is 0 Å². The van der Waals surface area contributed by atoms with Crippen LogP contribution < -0.4 is 9.64 Å². The summed E-state index contributed by atoms with van der Waals surface area (Å²) >= 11 is 19.1. The molecular weight excluding hydrogens is 495 g/mol. The van der Waals surface area contributed by atoms with Crippen LogP contribution in [0.5, 0.6) is 5.75 Å². The number of pyridine rings is 2. The maximum Gasteiger partial charge on any atom is 0.146 e. The van der Waals surface area contributed by atoms with Crippen LogP contribution in [0.25, 0.3) is 22.2 Å². The zero-order valence-corrected chi connectivity index (χ0v) is 20.6. The van der Waals surface area contributed by atoms with Gasteiger partial charge in [0.15, 0.2) is 0 Å². The summed E-state index contributed by atoms with van der Waals surface area (Å²) in [4.78, 5) is 10.7. The number of aromatic amines is 1. The molecule has 1 saturated heterocycles. The van der Waals surface area contributed by atoms with E-state index < -0.39 is 6.10 Å². The van der Waals surface area contributed by atoms with Crippen molar-refractivity contribution >= 4 is 51.5 Å². The van der Waals surface area contributed by atoms with Gasteiger partial charge in [0.05, 0.1) is 26.1 Å². The normalized spacial score (nSPS) is 16.2. The zero-order chi connectivity index (χ0) is 24.0. The third-order valence-corrected chi connectivity index (χ3v) is 6.97. The smallest absolute Gasteiger partial charge is 0.146 e. The van der Waals surface area contributed by atoms with Crippen LogP contribution in [0.4, 0.5) is 5.82 Å². The lowest BCUT2D eigenvalue weighted by molar-refractivity contribution is 0.227. The largest absolute Gasteiger partial charge is 0.484 e. The Balaban J connectivity index is 1.52. The number of anilines is 1. The van der Waals surface area contributed by atoms with Crippen molar-refractivity contribution < 1.29 is 4.74 Å². The fraction of sp³-hybridized carbons (Fsp3) is 0.250. The molecule has 0 spiro atoms. The van der Waals surface area contributed by atoms with Gasteiger partial charge in [0, 0.05) is 47.7 Å². The Bertz CT molecular complexity index is 1430. The van der Waals surface area contributed by atoms with E-state index in [2.05, 4.69) is 38.1 Å². The predicted octanol–water partition coefficient (Wildman–Crippen LogP) is 6.59. The van der Waals surface area contributed by atoms with E-state index in [-0.39, 0.29) is 0 Å². The van der Waals surface area contributed by atoms with Gasteiger partial charge in [-0.15, -0.1) is 0 Å². The highest BCUT2D eigenvalue weighted by Gasteiger charge is 2.27. The summed E-state index contributed by atoms with van der Waals surface area (Å²) < 4.78 is 6.15. The quantitative estimate of drug-likeness (QED) is 0.324. The van der Waals surface area contributed by atoms with Gasteiger partial charge in [0.25, 0.3) is 0 Å². The molecule has 34 heavy (non-hydrogen) atoms. The molecule has 4 heterocycles. The Morgan fingerprint density at radius 2 is 1.91 bits per heavy atom. The third kappa shape index (κ3) is 3.92. The first-order chi connectivity index (χ1) is 16.4. The van der Waals surface area contributed by atoms with Crippen LogP contribution in [-0.4, -0.2) is 32.8 Å². The van der Waals surface area contributed by atoms with E-state index in [1.807, 2.05) is 19.1 Å². The minimum atomic E-state index is -0.474. The number of H-pyrrole nitrogens is 1. The van der Waals surface area contributed by atoms with Crippen molar-refractivity contribution in [3.8, 4) is 23.1 Å². The van der Waals surface area contributed by atoms with Crippen molar-refractivity contribution in [3.63, 3.8) is 0 Å². The van der Waals surface area contributed by atoms with Gasteiger partial charge in [-0.05, 0) is 38.5 Å². The number of ether oxygens (including phenoxy) is 1. The molecule has 1 unspecified atom stereocenters. The van der Waals surface area contributed by atoms with Crippen molar-refractivity contribution in [2.45, 2.75) is 32.4 Å². The number of nitrogens with zero attached hydrogens (tertiary/aromatic N) is 5. The monoisotopic (exact) mass is 512 g/mol. The van der Waals surface area contributed by atoms with Crippen molar-refractivity contribution in [2.24, 2.45) is 0 Å². The number of hydrogen-bond donors (Lipinski definition) is 1. The van der Waals surface area contributed by atoms with E-state index in [1.54, 1.807) is 12.3 Å². The highest BCUT2D eigenvalue weighted by Crippen LogP contribution is 2.39. The zero-order valence-electron chi connectivity index (χ0n) is 18.3. The van der Waals surface area contributed by atoms with Crippen LogP contribution in [0.2, 0.25) is 15.1 Å². The molecule has 0 bridgehead atoms. The summed E-state index contributed by atoms with van der Waals surface area (Å²) in [7, 11) is 0. The second-order valence-electron chi connectivity index (χ2n) is 8.22. The second-order valence-corrected chi connectivity index (χ2v) is 9.44. The molecule has 0 saturated carbocycles. The Hall–Kier alpha value is -3.05. The maximum absolute atomic E-state index is 9.73. The predicted molar refractivity (Wildman–Crippen MR) is 134 cm³/mol. The van der Waals surface area contributed by atoms with E-state index in [1.165, 1.54) is 12.4 Å². The molecule has 10 heteroatoms. The van der Waals surface area contributed by atoms with Crippen LogP contribution in [0.1, 0.15) is 37.5 Å². The Kier molecular flexibility index (Phi) is 5.98. The Morgan fingerprint density at radius 1 is 1.15 bits per heavy atom. The van der Waals surface area contributed by atoms with E-state index in [0.717, 1.165) is 29.4 Å². The average Bonchev–Trinajstić information content (AvgIpc) is 3.21. The van der Waals surface area contributed by atoms with Crippen molar-refractivity contribution in [1.29, 1.82) is 5.26 Å². The fourth-order valence-corrected chi connectivity index (χ4v) is 5.00. The van der Waals surface area contributed by atoms with Crippen molar-refractivity contribution in [2.75, 3.05) is 11.4 Å². The van der Waals surface area contributed by atoms with Gasteiger partial charge in [-0.3, -0.25) is 10.1 Å². The van der Waals surface area contributed by atoms with Crippen molar-refractivity contribution in [1.82, 2.24) is 20.2 Å². The first kappa shape index (κ1) is 22.7. The van der Waals surface area contributed by atoms with Crippen LogP contribution in [-0.2, 0) is 0 Å². The summed E-state index contributed by atoms with van der Waals surface area (Å²) in [5.74, 6) is 1.16. The molecule has 7 nitrogen and oxygen atoms in total. The first-order valence-electron chi connectivity index (χ1n) is 10.7. The molecule has 172 valence electrons. The standard InChI is InChI=1S/C24H19Cl3N6O/c1-12-3-4-33(12)24-14(8-28)5-15(9-30-24)23-16-6-21(17(25)7-20(16)31-32-23)34-13(2)22-18(26)10-29-11-19(22)27/h5-7,9-13H,3-4H2,1-2H3,(H,31,32)/t12-,13?/m1/s1. The fourth-order valence-electron chi connectivity index (χ4n) is 4.12. The topological polar surface area (TPSA) is 90.7 Å². The molecule has 0 amide bonds. The molecule has 0 aliphatic carbocycles. The molecule has 0 radical (unpaired) electrons. The molecule has 1 N–H and O–H groups in total. The van der Waals surface area contributed by atoms with E-state index in [4.69, 9.17) is 39.5 Å². The number of nitriles is 1. The van der Waals surface area contributed by atoms with Crippen molar-refractivity contribution in [3.05, 3.63) is 63.0 Å². The number of nitrogens with one attached hydrogen (secondary N) is 1. The van der Waals surface area contributed by atoms with Gasteiger partial charge in [-0.2, -0.15) is 10.4 Å². The van der Waals surface area contributed by atoms with Gasteiger partial charge in [0.1, 0.15) is 29.4 Å². The van der Waals surface area contributed by atoms with Gasteiger partial charge >= 0.3 is 0 Å². The average molecular weight is 514 g/mol. The third-order valence-electron chi connectivity index (χ3n) is 6.07. The molecule has 1 aliphatic heterocycles. The number of halogens is 3. The Labute approximate surface area is 211 Å². The number of benzene rings is 1. The second kappa shape index (κ2) is 8.95. The molecule has 4 aromatic rings. The van der Waals surface area contributed by atoms with Crippen LogP contribution in [0.3, 0.4) is 0 Å². The van der Waals surface area contributed by atoms with Gasteiger partial charge in [-0.25, -0.2) is 4.98 Å². The highest BCUT2D eigenvalue weighted by molar-refractivity contribution is 6.36. The molecule has 3 aromatic heterocycles. The summed E-state index contributed by atoms with van der Waals surface area (Å²) in [6, 6.07) is 8.03. The number of rotatable bonds is 5. The van der Waals surface area contributed by atoms with E-state index in [0.29, 0.717) is 49.5 Å². The Morgan fingerprint density at radius 3 is 2.56 bits per heavy atom. The van der Waals surface area contributed by atoms with E-state index >= 15 is 0 Å². The number of hydrogen-bond acceptors (Lipinski definition) is 6. The first-order valence-corrected chi connectivity index (χ1v) is 11.8. The minimum Gasteiger partial charge on any atom is -0.484 e. The summed E-state index contributed by atoms with van der Waals surface area (Å²) in [5.41, 5.74) is 3.25. The van der Waals surface area contributed by atoms with Crippen LogP contribution in [0.15, 0.2) is 36.8 Å². The molecule has 2 atom stereocenters. The van der Waals surface area contributed by atoms with Gasteiger partial charge in [-0.1, -0.05) is 34.8 Å².